The number of aromatic nitrogens is 4. The molecule has 0 radical (unpaired) electrons. The zero-order valence-electron chi connectivity index (χ0n) is 24.0. The molecule has 0 spiro atoms. The van der Waals surface area contributed by atoms with Gasteiger partial charge in [-0.05, 0) is 55.7 Å². The van der Waals surface area contributed by atoms with Crippen molar-refractivity contribution in [3.05, 3.63) is 92.1 Å². The standard InChI is InChI=1S/C30H34N4O4.K.H/c1-3-4-12-27-26(29(35)34(20(2)31-27)19-23-9-7-8-17-37-23)18-21-13-15-22(16-14-21)24-10-5-6-11-25(24)28-32-30(36)38-33-28;;/h5-6,10-11,13-16,23H,3-4,7-9,12,17-19H2,1-2H3,(H,32,33,36);;/q;+1;-1. The van der Waals surface area contributed by atoms with Crippen LogP contribution in [0.3, 0.4) is 0 Å². The van der Waals surface area contributed by atoms with Gasteiger partial charge < -0.3 is 6.16 Å². The number of aromatic amines is 1. The van der Waals surface area contributed by atoms with Crippen LogP contribution in [-0.4, -0.2) is 32.4 Å². The number of rotatable bonds is 9. The van der Waals surface area contributed by atoms with E-state index in [0.717, 1.165) is 84.5 Å². The predicted molar refractivity (Wildman–Crippen MR) is 147 cm³/mol. The zero-order valence-corrected chi connectivity index (χ0v) is 26.2. The van der Waals surface area contributed by atoms with Crippen molar-refractivity contribution < 1.29 is 62.1 Å². The summed E-state index contributed by atoms with van der Waals surface area (Å²) in [5, 5.41) is 3.85. The fourth-order valence-electron chi connectivity index (χ4n) is 5.15. The summed E-state index contributed by atoms with van der Waals surface area (Å²) in [4.78, 5) is 32.8. The number of H-pyrrole nitrogens is 1. The van der Waals surface area contributed by atoms with E-state index in [1.54, 1.807) is 0 Å². The zero-order chi connectivity index (χ0) is 26.5. The molecule has 1 saturated heterocycles. The minimum atomic E-state index is -0.587. The summed E-state index contributed by atoms with van der Waals surface area (Å²) < 4.78 is 12.4. The smallest absolute Gasteiger partial charge is 1.00 e. The molecule has 2 aromatic carbocycles. The number of nitrogens with zero attached hydrogens (tertiary/aromatic N) is 3. The van der Waals surface area contributed by atoms with Gasteiger partial charge in [-0.2, -0.15) is 0 Å². The minimum absolute atomic E-state index is 0. The van der Waals surface area contributed by atoms with Crippen LogP contribution in [-0.2, 0) is 24.1 Å². The number of ether oxygens (including phenoxy) is 1. The minimum Gasteiger partial charge on any atom is -1.00 e. The molecule has 1 atom stereocenters. The third-order valence-electron chi connectivity index (χ3n) is 7.23. The molecule has 39 heavy (non-hydrogen) atoms. The van der Waals surface area contributed by atoms with E-state index in [-0.39, 0.29) is 64.5 Å². The Hall–Kier alpha value is -2.14. The summed E-state index contributed by atoms with van der Waals surface area (Å²) in [7, 11) is 0. The molecule has 3 heterocycles. The van der Waals surface area contributed by atoms with Gasteiger partial charge in [0, 0.05) is 24.2 Å². The molecular weight excluding hydrogens is 519 g/mol. The van der Waals surface area contributed by atoms with Crippen LogP contribution in [0.5, 0.6) is 0 Å². The third kappa shape index (κ3) is 7.14. The second-order valence-corrected chi connectivity index (χ2v) is 9.96. The van der Waals surface area contributed by atoms with Gasteiger partial charge in [0.05, 0.1) is 18.3 Å². The van der Waals surface area contributed by atoms with Crippen LogP contribution in [0.25, 0.3) is 22.5 Å². The Balaban J connectivity index is 0.00000220. The van der Waals surface area contributed by atoms with Gasteiger partial charge in [0.1, 0.15) is 5.82 Å². The van der Waals surface area contributed by atoms with Crippen molar-refractivity contribution in [1.82, 2.24) is 19.7 Å². The Morgan fingerprint density at radius 3 is 2.51 bits per heavy atom. The molecule has 0 saturated carbocycles. The van der Waals surface area contributed by atoms with E-state index < -0.39 is 5.76 Å². The van der Waals surface area contributed by atoms with Crippen molar-refractivity contribution >= 4 is 0 Å². The van der Waals surface area contributed by atoms with Gasteiger partial charge in [-0.15, -0.1) is 0 Å². The van der Waals surface area contributed by atoms with E-state index in [2.05, 4.69) is 29.2 Å². The Bertz CT molecular complexity index is 1510. The molecule has 8 nitrogen and oxygen atoms in total. The van der Waals surface area contributed by atoms with Crippen LogP contribution in [0.15, 0.2) is 62.6 Å². The number of benzene rings is 2. The molecule has 1 fully saturated rings. The summed E-state index contributed by atoms with van der Waals surface area (Å²) in [6.45, 7) is 5.39. The number of aryl methyl sites for hydroxylation is 2. The summed E-state index contributed by atoms with van der Waals surface area (Å²) >= 11 is 0. The SMILES string of the molecule is CCCCc1nc(C)n(CC2CCCCO2)c(=O)c1Cc1ccc(-c2ccccc2-c2noc(=O)[nH]2)cc1.[H-].[K+]. The van der Waals surface area contributed by atoms with Crippen LogP contribution < -0.4 is 62.7 Å². The van der Waals surface area contributed by atoms with Gasteiger partial charge >= 0.3 is 57.1 Å². The molecule has 9 heteroatoms. The molecule has 1 aliphatic heterocycles. The Morgan fingerprint density at radius 2 is 1.85 bits per heavy atom. The number of unbranched alkanes of at least 4 members (excludes halogenated alkanes) is 1. The molecular formula is C30H35KN4O4. The van der Waals surface area contributed by atoms with E-state index in [4.69, 9.17) is 14.2 Å². The molecule has 0 amide bonds. The molecule has 5 rings (SSSR count). The normalized spacial score (nSPS) is 15.2. The van der Waals surface area contributed by atoms with E-state index >= 15 is 0 Å². The second kappa shape index (κ2) is 14.0. The summed E-state index contributed by atoms with van der Waals surface area (Å²) in [6.07, 6.45) is 6.62. The first-order chi connectivity index (χ1) is 18.5. The molecule has 0 bridgehead atoms. The first-order valence-electron chi connectivity index (χ1n) is 13.5. The molecule has 4 aromatic rings. The van der Waals surface area contributed by atoms with Crippen molar-refractivity contribution in [2.24, 2.45) is 0 Å². The largest absolute Gasteiger partial charge is 1.00 e. The maximum atomic E-state index is 13.8. The van der Waals surface area contributed by atoms with E-state index in [0.29, 0.717) is 18.8 Å². The van der Waals surface area contributed by atoms with Crippen LogP contribution >= 0.6 is 0 Å². The van der Waals surface area contributed by atoms with Crippen molar-refractivity contribution in [1.29, 1.82) is 0 Å². The summed E-state index contributed by atoms with van der Waals surface area (Å²) in [5.74, 6) is 0.566. The third-order valence-corrected chi connectivity index (χ3v) is 7.23. The van der Waals surface area contributed by atoms with Crippen molar-refractivity contribution in [2.75, 3.05) is 6.61 Å². The summed E-state index contributed by atoms with van der Waals surface area (Å²) in [6, 6.07) is 15.9. The fraction of sp³-hybridized carbons (Fsp3) is 0.400. The van der Waals surface area contributed by atoms with Gasteiger partial charge in [0.15, 0.2) is 5.82 Å². The average molecular weight is 555 g/mol. The molecule has 1 unspecified atom stereocenters. The van der Waals surface area contributed by atoms with Gasteiger partial charge in [-0.25, -0.2) is 9.78 Å². The van der Waals surface area contributed by atoms with E-state index in [1.165, 1.54) is 0 Å². The van der Waals surface area contributed by atoms with Crippen LogP contribution in [0.2, 0.25) is 0 Å². The topological polar surface area (TPSA) is 103 Å². The Morgan fingerprint density at radius 1 is 1.08 bits per heavy atom. The quantitative estimate of drug-likeness (QED) is 0.318. The van der Waals surface area contributed by atoms with Crippen LogP contribution in [0, 0.1) is 6.92 Å². The van der Waals surface area contributed by atoms with Gasteiger partial charge in [-0.1, -0.05) is 67.0 Å². The van der Waals surface area contributed by atoms with Crippen molar-refractivity contribution in [3.8, 4) is 22.5 Å². The first-order valence-corrected chi connectivity index (χ1v) is 13.5. The molecule has 2 aromatic heterocycles. The molecule has 1 N–H and O–H groups in total. The fourth-order valence-corrected chi connectivity index (χ4v) is 5.15. The van der Waals surface area contributed by atoms with E-state index in [9.17, 15) is 9.59 Å². The number of hydrogen-bond acceptors (Lipinski definition) is 6. The van der Waals surface area contributed by atoms with Crippen molar-refractivity contribution in [2.45, 2.75) is 71.4 Å². The van der Waals surface area contributed by atoms with Gasteiger partial charge in [-0.3, -0.25) is 18.9 Å². The van der Waals surface area contributed by atoms with Crippen LogP contribution in [0.1, 0.15) is 63.1 Å². The number of nitrogens with one attached hydrogen (secondary N) is 1. The molecule has 0 aliphatic carbocycles. The number of hydrogen-bond donors (Lipinski definition) is 1. The van der Waals surface area contributed by atoms with Crippen LogP contribution in [0.4, 0.5) is 0 Å². The summed E-state index contributed by atoms with van der Waals surface area (Å²) in [5.41, 5.74) is 5.45. The van der Waals surface area contributed by atoms with E-state index in [1.807, 2.05) is 47.9 Å². The Kier molecular flexibility index (Phi) is 10.7. The first kappa shape index (κ1) is 29.8. The van der Waals surface area contributed by atoms with Gasteiger partial charge in [0.2, 0.25) is 0 Å². The second-order valence-electron chi connectivity index (χ2n) is 9.96. The maximum Gasteiger partial charge on any atom is 1.00 e. The van der Waals surface area contributed by atoms with Crippen molar-refractivity contribution in [3.63, 3.8) is 0 Å². The molecule has 200 valence electrons. The Labute approximate surface area is 272 Å². The monoisotopic (exact) mass is 554 g/mol. The maximum absolute atomic E-state index is 13.8. The predicted octanol–water partition coefficient (Wildman–Crippen LogP) is 2.18. The van der Waals surface area contributed by atoms with Gasteiger partial charge in [0.25, 0.3) is 5.56 Å². The molecule has 1 aliphatic rings. The average Bonchev–Trinajstić information content (AvgIpc) is 3.38.